The molecule has 1 aromatic carbocycles. The van der Waals surface area contributed by atoms with E-state index in [1.165, 1.54) is 10.1 Å². The van der Waals surface area contributed by atoms with Crippen molar-refractivity contribution in [2.24, 2.45) is 5.73 Å². The highest BCUT2D eigenvalue weighted by Crippen LogP contribution is 2.41. The number of hydrogen-bond donors (Lipinski definition) is 2. The third-order valence-corrected chi connectivity index (χ3v) is 4.71. The molecule has 1 aromatic heterocycles. The zero-order chi connectivity index (χ0) is 11.9. The van der Waals surface area contributed by atoms with Crippen LogP contribution < -0.4 is 5.73 Å². The third kappa shape index (κ3) is 1.88. The van der Waals surface area contributed by atoms with Crippen molar-refractivity contribution in [3.63, 3.8) is 0 Å². The van der Waals surface area contributed by atoms with Crippen molar-refractivity contribution < 1.29 is 5.11 Å². The highest BCUT2D eigenvalue weighted by Gasteiger charge is 2.35. The Hall–Kier alpha value is -0.900. The molecule has 0 aliphatic heterocycles. The van der Waals surface area contributed by atoms with E-state index >= 15 is 0 Å². The second-order valence-corrected chi connectivity index (χ2v) is 5.95. The van der Waals surface area contributed by atoms with Crippen molar-refractivity contribution in [1.29, 1.82) is 0 Å². The normalized spacial score (nSPS) is 29.6. The van der Waals surface area contributed by atoms with Crippen molar-refractivity contribution in [2.75, 3.05) is 0 Å². The van der Waals surface area contributed by atoms with Gasteiger partial charge in [0.2, 0.25) is 0 Å². The van der Waals surface area contributed by atoms with E-state index in [4.69, 9.17) is 5.73 Å². The van der Waals surface area contributed by atoms with Gasteiger partial charge in [0.1, 0.15) is 0 Å². The predicted octanol–water partition coefficient (Wildman–Crippen LogP) is 2.99. The van der Waals surface area contributed by atoms with Gasteiger partial charge in [-0.3, -0.25) is 0 Å². The Bertz CT molecular complexity index is 536. The SMILES string of the molecule is NC1CCCC(O)(c2cccc3ccsc23)C1. The minimum absolute atomic E-state index is 0.129. The Kier molecular flexibility index (Phi) is 2.69. The first-order chi connectivity index (χ1) is 8.19. The molecule has 2 nitrogen and oxygen atoms in total. The van der Waals surface area contributed by atoms with E-state index in [1.54, 1.807) is 11.3 Å². The van der Waals surface area contributed by atoms with Crippen LogP contribution in [0.15, 0.2) is 29.6 Å². The number of fused-ring (bicyclic) bond motifs is 1. The second kappa shape index (κ2) is 4.09. The minimum atomic E-state index is -0.720. The molecule has 2 unspecified atom stereocenters. The molecule has 1 fully saturated rings. The summed E-state index contributed by atoms with van der Waals surface area (Å²) in [6, 6.07) is 8.42. The molecule has 3 heteroatoms. The first kappa shape index (κ1) is 11.2. The molecule has 0 spiro atoms. The lowest BCUT2D eigenvalue weighted by atomic mass is 9.77. The van der Waals surface area contributed by atoms with E-state index in [1.807, 2.05) is 6.07 Å². The van der Waals surface area contributed by atoms with Crippen molar-refractivity contribution in [1.82, 2.24) is 0 Å². The van der Waals surface area contributed by atoms with Gasteiger partial charge in [0, 0.05) is 16.3 Å². The number of rotatable bonds is 1. The molecule has 3 rings (SSSR count). The summed E-state index contributed by atoms with van der Waals surface area (Å²) in [5.74, 6) is 0. The maximum absolute atomic E-state index is 10.9. The van der Waals surface area contributed by atoms with Crippen LogP contribution in [0.4, 0.5) is 0 Å². The minimum Gasteiger partial charge on any atom is -0.385 e. The summed E-state index contributed by atoms with van der Waals surface area (Å²) in [6.45, 7) is 0. The van der Waals surface area contributed by atoms with Crippen LogP contribution in [0.3, 0.4) is 0 Å². The van der Waals surface area contributed by atoms with Crippen molar-refractivity contribution in [3.8, 4) is 0 Å². The predicted molar refractivity (Wildman–Crippen MR) is 72.2 cm³/mol. The maximum Gasteiger partial charge on any atom is 0.0925 e. The van der Waals surface area contributed by atoms with Crippen LogP contribution in [-0.4, -0.2) is 11.1 Å². The van der Waals surface area contributed by atoms with Gasteiger partial charge >= 0.3 is 0 Å². The molecule has 2 aromatic rings. The Labute approximate surface area is 105 Å². The van der Waals surface area contributed by atoms with Crippen molar-refractivity contribution >= 4 is 21.4 Å². The van der Waals surface area contributed by atoms with Crippen molar-refractivity contribution in [2.45, 2.75) is 37.3 Å². The number of thiophene rings is 1. The average molecular weight is 247 g/mol. The lowest BCUT2D eigenvalue weighted by molar-refractivity contribution is -0.00567. The Morgan fingerprint density at radius 2 is 2.24 bits per heavy atom. The topological polar surface area (TPSA) is 46.2 Å². The summed E-state index contributed by atoms with van der Waals surface area (Å²) >= 11 is 1.71. The molecule has 90 valence electrons. The van der Waals surface area contributed by atoms with Gasteiger partial charge in [0.25, 0.3) is 0 Å². The molecule has 0 amide bonds. The smallest absolute Gasteiger partial charge is 0.0925 e. The van der Waals surface area contributed by atoms with Crippen LogP contribution in [0, 0.1) is 0 Å². The Balaban J connectivity index is 2.10. The average Bonchev–Trinajstić information content (AvgIpc) is 2.76. The molecular weight excluding hydrogens is 230 g/mol. The van der Waals surface area contributed by atoms with Gasteiger partial charge in [-0.15, -0.1) is 11.3 Å². The molecule has 0 radical (unpaired) electrons. The molecule has 17 heavy (non-hydrogen) atoms. The monoisotopic (exact) mass is 247 g/mol. The summed E-state index contributed by atoms with van der Waals surface area (Å²) < 4.78 is 1.21. The van der Waals surface area contributed by atoms with Crippen LogP contribution in [0.1, 0.15) is 31.2 Å². The van der Waals surface area contributed by atoms with Crippen LogP contribution in [0.2, 0.25) is 0 Å². The van der Waals surface area contributed by atoms with Crippen LogP contribution in [0.25, 0.3) is 10.1 Å². The molecule has 3 N–H and O–H groups in total. The molecule has 0 saturated heterocycles. The van der Waals surface area contributed by atoms with E-state index < -0.39 is 5.60 Å². The largest absolute Gasteiger partial charge is 0.385 e. The van der Waals surface area contributed by atoms with E-state index in [2.05, 4.69) is 23.6 Å². The van der Waals surface area contributed by atoms with Crippen LogP contribution in [-0.2, 0) is 5.60 Å². The second-order valence-electron chi connectivity index (χ2n) is 5.03. The Morgan fingerprint density at radius 3 is 3.06 bits per heavy atom. The highest BCUT2D eigenvalue weighted by molar-refractivity contribution is 7.17. The van der Waals surface area contributed by atoms with Gasteiger partial charge in [-0.2, -0.15) is 0 Å². The summed E-state index contributed by atoms with van der Waals surface area (Å²) in [5, 5.41) is 14.2. The molecule has 1 saturated carbocycles. The van der Waals surface area contributed by atoms with Gasteiger partial charge in [-0.25, -0.2) is 0 Å². The van der Waals surface area contributed by atoms with Crippen molar-refractivity contribution in [3.05, 3.63) is 35.2 Å². The van der Waals surface area contributed by atoms with E-state index in [0.717, 1.165) is 24.8 Å². The number of benzene rings is 1. The quantitative estimate of drug-likeness (QED) is 0.813. The zero-order valence-electron chi connectivity index (χ0n) is 9.73. The van der Waals surface area contributed by atoms with Gasteiger partial charge < -0.3 is 10.8 Å². The summed E-state index contributed by atoms with van der Waals surface area (Å²) in [6.07, 6.45) is 3.56. The summed E-state index contributed by atoms with van der Waals surface area (Å²) in [4.78, 5) is 0. The molecular formula is C14H17NOS. The van der Waals surface area contributed by atoms with Gasteiger partial charge in [0.05, 0.1) is 5.60 Å². The number of nitrogens with two attached hydrogens (primary N) is 1. The molecule has 2 atom stereocenters. The molecule has 1 aliphatic carbocycles. The lowest BCUT2D eigenvalue weighted by Gasteiger charge is -2.36. The third-order valence-electron chi connectivity index (χ3n) is 3.75. The fraction of sp³-hybridized carbons (Fsp3) is 0.429. The fourth-order valence-corrected chi connectivity index (χ4v) is 3.91. The van der Waals surface area contributed by atoms with E-state index in [9.17, 15) is 5.11 Å². The van der Waals surface area contributed by atoms with Gasteiger partial charge in [-0.05, 0) is 42.5 Å². The Morgan fingerprint density at radius 1 is 1.35 bits per heavy atom. The first-order valence-electron chi connectivity index (χ1n) is 6.14. The van der Waals surface area contributed by atoms with Crippen LogP contribution in [0.5, 0.6) is 0 Å². The van der Waals surface area contributed by atoms with Gasteiger partial charge in [0.15, 0.2) is 0 Å². The highest BCUT2D eigenvalue weighted by atomic mass is 32.1. The molecule has 1 heterocycles. The molecule has 1 aliphatic rings. The fourth-order valence-electron chi connectivity index (χ4n) is 2.90. The number of aliphatic hydroxyl groups is 1. The van der Waals surface area contributed by atoms with E-state index in [-0.39, 0.29) is 6.04 Å². The van der Waals surface area contributed by atoms with E-state index in [0.29, 0.717) is 6.42 Å². The van der Waals surface area contributed by atoms with Crippen LogP contribution >= 0.6 is 11.3 Å². The lowest BCUT2D eigenvalue weighted by Crippen LogP contribution is -2.39. The zero-order valence-corrected chi connectivity index (χ0v) is 10.5. The molecule has 0 bridgehead atoms. The standard InChI is InChI=1S/C14H17NOS/c15-11-4-2-7-14(16,9-11)12-5-1-3-10-6-8-17-13(10)12/h1,3,5-6,8,11,16H,2,4,7,9,15H2. The maximum atomic E-state index is 10.9. The summed E-state index contributed by atoms with van der Waals surface area (Å²) in [7, 11) is 0. The van der Waals surface area contributed by atoms with Gasteiger partial charge in [-0.1, -0.05) is 18.2 Å². The number of hydrogen-bond acceptors (Lipinski definition) is 3. The summed E-state index contributed by atoms with van der Waals surface area (Å²) in [5.41, 5.74) is 6.36. The first-order valence-corrected chi connectivity index (χ1v) is 7.02.